The molecule has 0 spiro atoms. The highest BCUT2D eigenvalue weighted by Gasteiger charge is 2.26. The van der Waals surface area contributed by atoms with Gasteiger partial charge in [0.2, 0.25) is 0 Å². The molecule has 64 heavy (non-hydrogen) atoms. The molecule has 10 aromatic carbocycles. The highest BCUT2D eigenvalue weighted by Crippen LogP contribution is 2.53. The Morgan fingerprint density at radius 1 is 0.266 bits per heavy atom. The highest BCUT2D eigenvalue weighted by molar-refractivity contribution is 7.27. The van der Waals surface area contributed by atoms with Crippen molar-refractivity contribution in [2.75, 3.05) is 4.90 Å². The van der Waals surface area contributed by atoms with E-state index in [9.17, 15) is 0 Å². The summed E-state index contributed by atoms with van der Waals surface area (Å²) in [6.07, 6.45) is 0. The predicted octanol–water partition coefficient (Wildman–Crippen LogP) is 18.9. The van der Waals surface area contributed by atoms with E-state index in [1.54, 1.807) is 0 Å². The summed E-state index contributed by atoms with van der Waals surface area (Å²) in [7, 11) is 0. The lowest BCUT2D eigenvalue weighted by Crippen LogP contribution is -2.11. The average molecular weight is 868 g/mol. The zero-order chi connectivity index (χ0) is 42.1. The van der Waals surface area contributed by atoms with Crippen LogP contribution in [0.5, 0.6) is 0 Å². The fraction of sp³-hybridized carbons (Fsp3) is 0. The number of fused-ring (bicyclic) bond motifs is 9. The molecular weight excluding hydrogens is 831 g/mol. The Morgan fingerprint density at radius 2 is 0.781 bits per heavy atom. The van der Waals surface area contributed by atoms with Crippen LogP contribution in [-0.2, 0) is 0 Å². The third kappa shape index (κ3) is 6.17. The quantitative estimate of drug-likeness (QED) is 0.154. The summed E-state index contributed by atoms with van der Waals surface area (Å²) in [5, 5.41) is 7.62. The molecule has 0 unspecified atom stereocenters. The first-order chi connectivity index (χ1) is 31.7. The Labute approximate surface area is 383 Å². The summed E-state index contributed by atoms with van der Waals surface area (Å²) >= 11 is 5.66. The molecule has 0 amide bonds. The Bertz CT molecular complexity index is 3880. The molecule has 3 heterocycles. The van der Waals surface area contributed by atoms with E-state index in [1.807, 2.05) is 34.0 Å². The van der Waals surface area contributed by atoms with Crippen molar-refractivity contribution < 1.29 is 0 Å². The zero-order valence-electron chi connectivity index (χ0n) is 34.5. The molecule has 1 nitrogen and oxygen atoms in total. The molecule has 0 radical (unpaired) electrons. The monoisotopic (exact) mass is 867 g/mol. The fourth-order valence-corrected chi connectivity index (χ4v) is 13.2. The van der Waals surface area contributed by atoms with E-state index in [1.165, 1.54) is 116 Å². The molecule has 13 rings (SSSR count). The molecule has 0 saturated carbocycles. The van der Waals surface area contributed by atoms with Gasteiger partial charge in [-0.3, -0.25) is 0 Å². The van der Waals surface area contributed by atoms with Crippen molar-refractivity contribution in [2.24, 2.45) is 0 Å². The van der Waals surface area contributed by atoms with E-state index in [0.717, 1.165) is 5.69 Å². The van der Waals surface area contributed by atoms with Crippen LogP contribution in [0.1, 0.15) is 0 Å². The summed E-state index contributed by atoms with van der Waals surface area (Å²) in [5.74, 6) is 0. The maximum Gasteiger partial charge on any atom is 0.0561 e. The number of rotatable bonds is 7. The van der Waals surface area contributed by atoms with Crippen LogP contribution in [0.3, 0.4) is 0 Å². The van der Waals surface area contributed by atoms with Gasteiger partial charge in [0, 0.05) is 66.2 Å². The molecule has 4 heteroatoms. The first kappa shape index (κ1) is 37.2. The second kappa shape index (κ2) is 15.2. The van der Waals surface area contributed by atoms with E-state index in [0.29, 0.717) is 0 Å². The van der Waals surface area contributed by atoms with Crippen LogP contribution in [0.25, 0.3) is 105 Å². The van der Waals surface area contributed by atoms with Crippen molar-refractivity contribution in [1.29, 1.82) is 0 Å². The van der Waals surface area contributed by atoms with E-state index >= 15 is 0 Å². The lowest BCUT2D eigenvalue weighted by Gasteiger charge is -2.29. The summed E-state index contributed by atoms with van der Waals surface area (Å²) in [6.45, 7) is 0. The van der Waals surface area contributed by atoms with E-state index in [4.69, 9.17) is 0 Å². The SMILES string of the molecule is c1ccc(-c2ccc3c(c2)sc2cc(-c4ccccc4)cc(N(c4ccc5sc6ccccc6c5c4)c4cc(-c5ccccc5)cc5sc6c(-c7ccccc7)cccc6c45)c23)cc1. The molecule has 0 fully saturated rings. The van der Waals surface area contributed by atoms with Crippen molar-refractivity contribution in [3.63, 3.8) is 0 Å². The van der Waals surface area contributed by atoms with E-state index in [2.05, 4.69) is 229 Å². The van der Waals surface area contributed by atoms with Crippen LogP contribution < -0.4 is 4.90 Å². The van der Waals surface area contributed by atoms with Crippen LogP contribution in [0.15, 0.2) is 224 Å². The molecule has 0 saturated heterocycles. The first-order valence-corrected chi connectivity index (χ1v) is 24.1. The summed E-state index contributed by atoms with van der Waals surface area (Å²) in [6, 6.07) is 83.1. The molecule has 0 atom stereocenters. The van der Waals surface area contributed by atoms with Gasteiger partial charge in [-0.2, -0.15) is 0 Å². The molecular formula is C60H37NS3. The third-order valence-electron chi connectivity index (χ3n) is 12.6. The summed E-state index contributed by atoms with van der Waals surface area (Å²) in [5.41, 5.74) is 13.2. The molecule has 0 aliphatic heterocycles. The van der Waals surface area contributed by atoms with Gasteiger partial charge in [-0.05, 0) is 99.1 Å². The van der Waals surface area contributed by atoms with Gasteiger partial charge in [-0.1, -0.05) is 170 Å². The summed E-state index contributed by atoms with van der Waals surface area (Å²) < 4.78 is 7.70. The second-order valence-electron chi connectivity index (χ2n) is 16.4. The third-order valence-corrected chi connectivity index (χ3v) is 16.1. The highest BCUT2D eigenvalue weighted by atomic mass is 32.1. The van der Waals surface area contributed by atoms with Crippen LogP contribution >= 0.6 is 34.0 Å². The Balaban J connectivity index is 1.18. The largest absolute Gasteiger partial charge is 0.309 e. The lowest BCUT2D eigenvalue weighted by atomic mass is 9.96. The minimum Gasteiger partial charge on any atom is -0.309 e. The Kier molecular flexibility index (Phi) is 8.83. The molecule has 0 N–H and O–H groups in total. The van der Waals surface area contributed by atoms with E-state index in [-0.39, 0.29) is 0 Å². The standard InChI is InChI=1S/C60H37NS3/c1-5-16-38(17-6-1)42-28-30-48-55(34-42)63-56-35-43(39-18-7-2-8-19-39)32-51(58(48)56)61(45-29-31-54-50(37-45)47-24-13-14-27-53(47)62-54)52-33-44(40-20-9-3-10-21-40)36-57-59(52)49-26-15-25-46(60(49)64-57)41-22-11-4-12-23-41/h1-37H. The Morgan fingerprint density at radius 3 is 1.45 bits per heavy atom. The smallest absolute Gasteiger partial charge is 0.0561 e. The van der Waals surface area contributed by atoms with Gasteiger partial charge >= 0.3 is 0 Å². The number of thiophene rings is 3. The molecule has 3 aromatic heterocycles. The molecule has 300 valence electrons. The molecule has 0 bridgehead atoms. The van der Waals surface area contributed by atoms with Crippen LogP contribution in [0.4, 0.5) is 17.1 Å². The molecule has 13 aromatic rings. The van der Waals surface area contributed by atoms with E-state index < -0.39 is 0 Å². The van der Waals surface area contributed by atoms with Gasteiger partial charge < -0.3 is 4.90 Å². The predicted molar refractivity (Wildman–Crippen MR) is 282 cm³/mol. The normalized spacial score (nSPS) is 11.8. The van der Waals surface area contributed by atoms with Crippen LogP contribution in [0, 0.1) is 0 Å². The van der Waals surface area contributed by atoms with Crippen LogP contribution in [0.2, 0.25) is 0 Å². The van der Waals surface area contributed by atoms with Crippen molar-refractivity contribution in [3.8, 4) is 44.5 Å². The average Bonchev–Trinajstić information content (AvgIpc) is 4.06. The number of benzene rings is 10. The number of anilines is 3. The van der Waals surface area contributed by atoms with Gasteiger partial charge in [-0.15, -0.1) is 34.0 Å². The van der Waals surface area contributed by atoms with Crippen molar-refractivity contribution in [2.45, 2.75) is 0 Å². The van der Waals surface area contributed by atoms with Gasteiger partial charge in [0.1, 0.15) is 0 Å². The number of nitrogens with zero attached hydrogens (tertiary/aromatic N) is 1. The molecule has 0 aliphatic carbocycles. The van der Waals surface area contributed by atoms with Gasteiger partial charge in [0.25, 0.3) is 0 Å². The van der Waals surface area contributed by atoms with Gasteiger partial charge in [-0.25, -0.2) is 0 Å². The Hall–Kier alpha value is -7.34. The van der Waals surface area contributed by atoms with Crippen molar-refractivity contribution >= 4 is 112 Å². The maximum absolute atomic E-state index is 2.61. The summed E-state index contributed by atoms with van der Waals surface area (Å²) in [4.78, 5) is 2.61. The second-order valence-corrected chi connectivity index (χ2v) is 19.6. The van der Waals surface area contributed by atoms with Crippen LogP contribution in [-0.4, -0.2) is 0 Å². The number of hydrogen-bond donors (Lipinski definition) is 0. The topological polar surface area (TPSA) is 3.24 Å². The number of hydrogen-bond acceptors (Lipinski definition) is 4. The minimum absolute atomic E-state index is 1.13. The van der Waals surface area contributed by atoms with Crippen molar-refractivity contribution in [3.05, 3.63) is 224 Å². The van der Waals surface area contributed by atoms with Gasteiger partial charge in [0.05, 0.1) is 11.4 Å². The lowest BCUT2D eigenvalue weighted by molar-refractivity contribution is 1.33. The maximum atomic E-state index is 2.61. The fourth-order valence-electron chi connectivity index (χ4n) is 9.65. The zero-order valence-corrected chi connectivity index (χ0v) is 37.0. The minimum atomic E-state index is 1.13. The van der Waals surface area contributed by atoms with Gasteiger partial charge in [0.15, 0.2) is 0 Å². The van der Waals surface area contributed by atoms with Crippen molar-refractivity contribution in [1.82, 2.24) is 0 Å². The first-order valence-electron chi connectivity index (χ1n) is 21.6. The molecule has 0 aliphatic rings.